The summed E-state index contributed by atoms with van der Waals surface area (Å²) in [4.78, 5) is 15.5. The molecule has 1 amide bonds. The van der Waals surface area contributed by atoms with Gasteiger partial charge in [-0.05, 0) is 24.4 Å². The fourth-order valence-corrected chi connectivity index (χ4v) is 3.46. The van der Waals surface area contributed by atoms with E-state index in [0.29, 0.717) is 26.3 Å². The van der Waals surface area contributed by atoms with Crippen molar-refractivity contribution >= 4 is 23.3 Å². The molecule has 1 atom stereocenters. The van der Waals surface area contributed by atoms with Crippen molar-refractivity contribution in [2.75, 3.05) is 19.8 Å². The van der Waals surface area contributed by atoms with E-state index < -0.39 is 0 Å². The van der Waals surface area contributed by atoms with Crippen LogP contribution in [0.4, 0.5) is 0 Å². The van der Waals surface area contributed by atoms with Gasteiger partial charge in [-0.1, -0.05) is 6.07 Å². The van der Waals surface area contributed by atoms with Crippen molar-refractivity contribution in [2.45, 2.75) is 19.4 Å². The third-order valence-electron chi connectivity index (χ3n) is 4.08. The van der Waals surface area contributed by atoms with Crippen molar-refractivity contribution in [3.8, 4) is 0 Å². The summed E-state index contributed by atoms with van der Waals surface area (Å²) >= 11 is 1.62. The lowest BCUT2D eigenvalue weighted by Gasteiger charge is -2.32. The van der Waals surface area contributed by atoms with E-state index in [9.17, 15) is 4.79 Å². The van der Waals surface area contributed by atoms with Gasteiger partial charge in [-0.15, -0.1) is 11.3 Å². The molecule has 2 aromatic heterocycles. The Hall–Kier alpha value is -1.92. The molecule has 0 radical (unpaired) electrons. The topological polar surface area (TPSA) is 47.4 Å². The summed E-state index contributed by atoms with van der Waals surface area (Å²) in [6.07, 6.45) is 5.44. The Bertz CT molecular complexity index is 691. The number of aryl methyl sites for hydroxylation is 1. The highest BCUT2D eigenvalue weighted by atomic mass is 32.1. The number of hydrogen-bond donors (Lipinski definition) is 0. The molecule has 1 aliphatic heterocycles. The van der Waals surface area contributed by atoms with E-state index in [4.69, 9.17) is 4.74 Å². The third-order valence-corrected chi connectivity index (χ3v) is 4.92. The predicted molar refractivity (Wildman–Crippen MR) is 91.2 cm³/mol. The van der Waals surface area contributed by atoms with Crippen molar-refractivity contribution in [1.29, 1.82) is 0 Å². The average Bonchev–Trinajstić information content (AvgIpc) is 3.20. The van der Waals surface area contributed by atoms with Crippen LogP contribution < -0.4 is 0 Å². The first-order chi connectivity index (χ1) is 11.2. The van der Waals surface area contributed by atoms with Gasteiger partial charge in [-0.2, -0.15) is 5.10 Å². The zero-order valence-corrected chi connectivity index (χ0v) is 14.3. The number of fused-ring (bicyclic) bond motifs is 1. The minimum Gasteiger partial charge on any atom is -0.381 e. The Labute approximate surface area is 140 Å². The largest absolute Gasteiger partial charge is 0.381 e. The van der Waals surface area contributed by atoms with Crippen molar-refractivity contribution in [1.82, 2.24) is 14.7 Å². The van der Waals surface area contributed by atoms with Crippen molar-refractivity contribution < 1.29 is 9.53 Å². The molecule has 0 N–H and O–H groups in total. The Kier molecular flexibility index (Phi) is 4.93. The summed E-state index contributed by atoms with van der Waals surface area (Å²) in [5, 5.41) is 6.35. The average molecular weight is 331 g/mol. The molecular formula is C17H21N3O2S. The van der Waals surface area contributed by atoms with Crippen LogP contribution in [0.25, 0.3) is 6.08 Å². The second kappa shape index (κ2) is 7.10. The quantitative estimate of drug-likeness (QED) is 0.792. The molecule has 122 valence electrons. The fourth-order valence-electron chi connectivity index (χ4n) is 2.84. The molecule has 0 unspecified atom stereocenters. The van der Waals surface area contributed by atoms with E-state index in [1.807, 2.05) is 53.3 Å². The molecular weight excluding hydrogens is 310 g/mol. The second-order valence-electron chi connectivity index (χ2n) is 5.59. The van der Waals surface area contributed by atoms with Crippen molar-refractivity contribution in [2.24, 2.45) is 7.05 Å². The zero-order chi connectivity index (χ0) is 16.2. The van der Waals surface area contributed by atoms with Gasteiger partial charge in [-0.25, -0.2) is 0 Å². The van der Waals surface area contributed by atoms with Gasteiger partial charge < -0.3 is 9.64 Å². The van der Waals surface area contributed by atoms with Crippen LogP contribution in [0.1, 0.15) is 29.0 Å². The SMILES string of the molecule is CCOC[C@@H]1CN(C(=O)/C=C/c2cccs2)Cc2c1cnn2C. The predicted octanol–water partition coefficient (Wildman–Crippen LogP) is 2.66. The monoisotopic (exact) mass is 331 g/mol. The van der Waals surface area contributed by atoms with Gasteiger partial charge in [0.15, 0.2) is 0 Å². The molecule has 0 spiro atoms. The zero-order valence-electron chi connectivity index (χ0n) is 13.4. The van der Waals surface area contributed by atoms with Crippen LogP contribution in [-0.4, -0.2) is 40.3 Å². The van der Waals surface area contributed by atoms with E-state index in [0.717, 1.165) is 10.6 Å². The highest BCUT2D eigenvalue weighted by molar-refractivity contribution is 7.10. The molecule has 0 aromatic carbocycles. The summed E-state index contributed by atoms with van der Waals surface area (Å²) in [5.74, 6) is 0.221. The van der Waals surface area contributed by atoms with Crippen LogP contribution >= 0.6 is 11.3 Å². The lowest BCUT2D eigenvalue weighted by atomic mass is 9.95. The molecule has 0 saturated heterocycles. The van der Waals surface area contributed by atoms with E-state index in [-0.39, 0.29) is 11.8 Å². The highest BCUT2D eigenvalue weighted by Gasteiger charge is 2.30. The number of aromatic nitrogens is 2. The van der Waals surface area contributed by atoms with Crippen LogP contribution in [0, 0.1) is 0 Å². The Morgan fingerprint density at radius 3 is 3.17 bits per heavy atom. The highest BCUT2D eigenvalue weighted by Crippen LogP contribution is 2.28. The maximum absolute atomic E-state index is 12.5. The molecule has 0 aliphatic carbocycles. The van der Waals surface area contributed by atoms with Gasteiger partial charge in [0.2, 0.25) is 5.91 Å². The number of rotatable bonds is 5. The molecule has 23 heavy (non-hydrogen) atoms. The van der Waals surface area contributed by atoms with Gasteiger partial charge in [0.05, 0.1) is 25.0 Å². The molecule has 5 nitrogen and oxygen atoms in total. The fraction of sp³-hybridized carbons (Fsp3) is 0.412. The van der Waals surface area contributed by atoms with Crippen LogP contribution in [0.3, 0.4) is 0 Å². The van der Waals surface area contributed by atoms with E-state index in [1.165, 1.54) is 5.56 Å². The molecule has 6 heteroatoms. The first-order valence-electron chi connectivity index (χ1n) is 7.78. The van der Waals surface area contributed by atoms with Gasteiger partial charge in [-0.3, -0.25) is 9.48 Å². The summed E-state index contributed by atoms with van der Waals surface area (Å²) < 4.78 is 7.45. The van der Waals surface area contributed by atoms with Crippen LogP contribution in [-0.2, 0) is 23.1 Å². The Balaban J connectivity index is 1.76. The summed E-state index contributed by atoms with van der Waals surface area (Å²) in [6.45, 7) is 4.56. The number of carbonyl (C=O) groups excluding carboxylic acids is 1. The van der Waals surface area contributed by atoms with E-state index >= 15 is 0 Å². The smallest absolute Gasteiger partial charge is 0.246 e. The normalized spacial score (nSPS) is 17.7. The van der Waals surface area contributed by atoms with Gasteiger partial charge in [0.25, 0.3) is 0 Å². The number of amides is 1. The lowest BCUT2D eigenvalue weighted by molar-refractivity contribution is -0.127. The third kappa shape index (κ3) is 3.54. The van der Waals surface area contributed by atoms with E-state index in [2.05, 4.69) is 5.10 Å². The molecule has 0 bridgehead atoms. The standard InChI is InChI=1S/C17H21N3O2S/c1-3-22-12-13-10-20(11-16-15(13)9-18-19(16)2)17(21)7-6-14-5-4-8-23-14/h4-9,13H,3,10-12H2,1-2H3/b7-6+/t13-/m0/s1. The van der Waals surface area contributed by atoms with Crippen LogP contribution in [0.15, 0.2) is 29.8 Å². The van der Waals surface area contributed by atoms with Crippen molar-refractivity contribution in [3.05, 3.63) is 45.9 Å². The first-order valence-corrected chi connectivity index (χ1v) is 8.66. The maximum Gasteiger partial charge on any atom is 0.246 e. The molecule has 3 heterocycles. The van der Waals surface area contributed by atoms with E-state index in [1.54, 1.807) is 17.4 Å². The minimum atomic E-state index is 0.0340. The van der Waals surface area contributed by atoms with Gasteiger partial charge in [0.1, 0.15) is 0 Å². The number of carbonyl (C=O) groups is 1. The number of thiophene rings is 1. The Morgan fingerprint density at radius 1 is 1.57 bits per heavy atom. The number of hydrogen-bond acceptors (Lipinski definition) is 4. The maximum atomic E-state index is 12.5. The van der Waals surface area contributed by atoms with Crippen LogP contribution in [0.5, 0.6) is 0 Å². The second-order valence-corrected chi connectivity index (χ2v) is 6.57. The summed E-state index contributed by atoms with van der Waals surface area (Å²) in [6, 6.07) is 3.98. The first kappa shape index (κ1) is 16.0. The minimum absolute atomic E-state index is 0.0340. The molecule has 1 aliphatic rings. The lowest BCUT2D eigenvalue weighted by Crippen LogP contribution is -2.39. The van der Waals surface area contributed by atoms with Gasteiger partial charge >= 0.3 is 0 Å². The molecule has 2 aromatic rings. The summed E-state index contributed by atoms with van der Waals surface area (Å²) in [5.41, 5.74) is 2.30. The van der Waals surface area contributed by atoms with Gasteiger partial charge in [0, 0.05) is 42.6 Å². The van der Waals surface area contributed by atoms with Crippen molar-refractivity contribution in [3.63, 3.8) is 0 Å². The number of ether oxygens (including phenoxy) is 1. The Morgan fingerprint density at radius 2 is 2.43 bits per heavy atom. The molecule has 3 rings (SSSR count). The number of nitrogens with zero attached hydrogens (tertiary/aromatic N) is 3. The molecule has 0 fully saturated rings. The summed E-state index contributed by atoms with van der Waals surface area (Å²) in [7, 11) is 1.92. The van der Waals surface area contributed by atoms with Crippen LogP contribution in [0.2, 0.25) is 0 Å². The molecule has 0 saturated carbocycles.